The monoisotopic (exact) mass is 453 g/mol. The van der Waals surface area contributed by atoms with Crippen LogP contribution in [0, 0.1) is 5.92 Å². The van der Waals surface area contributed by atoms with Gasteiger partial charge in [-0.1, -0.05) is 24.3 Å². The van der Waals surface area contributed by atoms with E-state index in [1.54, 1.807) is 24.3 Å². The van der Waals surface area contributed by atoms with Gasteiger partial charge in [-0.05, 0) is 68.5 Å². The van der Waals surface area contributed by atoms with E-state index in [1.165, 1.54) is 0 Å². The normalized spacial score (nSPS) is 31.2. The van der Waals surface area contributed by atoms with Crippen LogP contribution in [0.25, 0.3) is 10.9 Å². The van der Waals surface area contributed by atoms with Crippen LogP contribution in [0.5, 0.6) is 0 Å². The molecule has 0 amide bonds. The van der Waals surface area contributed by atoms with Crippen LogP contribution in [0.3, 0.4) is 0 Å². The Balaban J connectivity index is 1.28. The number of fused-ring (bicyclic) bond motifs is 4. The van der Waals surface area contributed by atoms with Crippen molar-refractivity contribution in [3.8, 4) is 0 Å². The number of ether oxygens (including phenoxy) is 3. The highest BCUT2D eigenvalue weighted by Gasteiger charge is 2.61. The third-order valence-corrected chi connectivity index (χ3v) is 6.93. The van der Waals surface area contributed by atoms with E-state index in [0.717, 1.165) is 29.3 Å². The summed E-state index contributed by atoms with van der Waals surface area (Å²) in [4.78, 5) is 29.0. The second kappa shape index (κ2) is 8.01. The molecule has 3 heterocycles. The minimum Gasteiger partial charge on any atom is -0.458 e. The molecule has 1 aromatic carbocycles. The molecule has 1 aliphatic carbocycles. The van der Waals surface area contributed by atoms with Gasteiger partial charge >= 0.3 is 11.9 Å². The second-order valence-electron chi connectivity index (χ2n) is 8.91. The van der Waals surface area contributed by atoms with E-state index >= 15 is 0 Å². The number of hydrogen-bond acceptors (Lipinski definition) is 6. The quantitative estimate of drug-likeness (QED) is 0.218. The van der Waals surface area contributed by atoms with E-state index in [9.17, 15) is 9.59 Å². The average Bonchev–Trinajstić information content (AvgIpc) is 3.37. The molecule has 0 unspecified atom stereocenters. The van der Waals surface area contributed by atoms with Crippen LogP contribution in [0.15, 0.2) is 54.1 Å². The van der Waals surface area contributed by atoms with Gasteiger partial charge in [-0.3, -0.25) is 0 Å². The predicted molar refractivity (Wildman–Crippen MR) is 119 cm³/mol. The molecule has 1 aromatic heterocycles. The molecule has 0 radical (unpaired) electrons. The molecule has 2 aromatic rings. The van der Waals surface area contributed by atoms with Crippen molar-refractivity contribution < 1.29 is 23.8 Å². The SMILES string of the molecule is C=C1C(=O)O[C@H]2[C@H]1CC/C(COC(=O)c1ccc3nc(Cl)ccc3c1)=C\CC[C@@]1(C)O[C@@H]21. The van der Waals surface area contributed by atoms with Gasteiger partial charge in [0.1, 0.15) is 24.0 Å². The van der Waals surface area contributed by atoms with Gasteiger partial charge in [0.15, 0.2) is 0 Å². The molecule has 0 N–H and O–H groups in total. The molecule has 6 nitrogen and oxygen atoms in total. The highest BCUT2D eigenvalue weighted by atomic mass is 35.5. The van der Waals surface area contributed by atoms with Crippen LogP contribution in [0.2, 0.25) is 5.15 Å². The number of epoxide rings is 1. The fraction of sp³-hybridized carbons (Fsp3) is 0.400. The van der Waals surface area contributed by atoms with Gasteiger partial charge in [0.2, 0.25) is 0 Å². The van der Waals surface area contributed by atoms with Crippen LogP contribution in [-0.4, -0.2) is 41.3 Å². The van der Waals surface area contributed by atoms with Crippen molar-refractivity contribution in [2.45, 2.75) is 50.4 Å². The maximum atomic E-state index is 12.7. The van der Waals surface area contributed by atoms with Crippen LogP contribution in [-0.2, 0) is 19.0 Å². The summed E-state index contributed by atoms with van der Waals surface area (Å²) in [5.41, 5.74) is 2.44. The largest absolute Gasteiger partial charge is 0.458 e. The zero-order valence-corrected chi connectivity index (χ0v) is 18.6. The van der Waals surface area contributed by atoms with Gasteiger partial charge in [0.25, 0.3) is 0 Å². The first kappa shape index (κ1) is 21.2. The number of esters is 2. The highest BCUT2D eigenvalue weighted by Crippen LogP contribution is 2.49. The Morgan fingerprint density at radius 2 is 2.19 bits per heavy atom. The van der Waals surface area contributed by atoms with Crippen molar-refractivity contribution in [2.75, 3.05) is 6.61 Å². The maximum absolute atomic E-state index is 12.7. The standard InChI is InChI=1S/C25H24ClNO5/c1-14-18-8-5-15(4-3-11-25(2)22(32-25)21(18)31-23(14)28)13-30-24(29)17-6-9-19-16(12-17)7-10-20(26)27-19/h4,6-7,9-10,12,18,21-22H,1,3,5,8,11,13H2,2H3/b15-4+/t18-,21-,22-,25+/m0/s1. The second-order valence-corrected chi connectivity index (χ2v) is 9.30. The summed E-state index contributed by atoms with van der Waals surface area (Å²) in [6.07, 6.45) is 4.83. The Morgan fingerprint density at radius 3 is 3.03 bits per heavy atom. The number of aromatic nitrogens is 1. The lowest BCUT2D eigenvalue weighted by molar-refractivity contribution is -0.140. The van der Waals surface area contributed by atoms with Gasteiger partial charge in [-0.25, -0.2) is 14.6 Å². The molecule has 0 saturated carbocycles. The highest BCUT2D eigenvalue weighted by molar-refractivity contribution is 6.29. The smallest absolute Gasteiger partial charge is 0.338 e. The van der Waals surface area contributed by atoms with Crippen LogP contribution >= 0.6 is 11.6 Å². The molecule has 2 saturated heterocycles. The molecule has 2 aliphatic heterocycles. The van der Waals surface area contributed by atoms with Crippen molar-refractivity contribution in [2.24, 2.45) is 5.92 Å². The van der Waals surface area contributed by atoms with Crippen molar-refractivity contribution in [1.29, 1.82) is 0 Å². The Kier molecular flexibility index (Phi) is 5.30. The van der Waals surface area contributed by atoms with Gasteiger partial charge in [-0.2, -0.15) is 0 Å². The molecule has 3 aliphatic rings. The molecule has 4 atom stereocenters. The van der Waals surface area contributed by atoms with E-state index in [-0.39, 0.29) is 42.3 Å². The Morgan fingerprint density at radius 1 is 1.34 bits per heavy atom. The van der Waals surface area contributed by atoms with Crippen LogP contribution in [0.4, 0.5) is 0 Å². The molecule has 166 valence electrons. The topological polar surface area (TPSA) is 78.0 Å². The minimum atomic E-state index is -0.390. The molecular weight excluding hydrogens is 430 g/mol. The summed E-state index contributed by atoms with van der Waals surface area (Å²) >= 11 is 5.93. The number of benzene rings is 1. The maximum Gasteiger partial charge on any atom is 0.338 e. The fourth-order valence-electron chi connectivity index (χ4n) is 4.72. The number of carbonyl (C=O) groups excluding carboxylic acids is 2. The summed E-state index contributed by atoms with van der Waals surface area (Å²) in [6.45, 7) is 6.20. The van der Waals surface area contributed by atoms with Crippen LogP contribution < -0.4 is 0 Å². The molecule has 2 fully saturated rings. The number of allylic oxidation sites excluding steroid dienone is 1. The summed E-state index contributed by atoms with van der Waals surface area (Å²) in [5, 5.41) is 1.23. The molecule has 32 heavy (non-hydrogen) atoms. The summed E-state index contributed by atoms with van der Waals surface area (Å²) in [5.74, 6) is -0.800. The fourth-order valence-corrected chi connectivity index (χ4v) is 4.87. The lowest BCUT2D eigenvalue weighted by Crippen LogP contribution is -2.29. The first-order valence-corrected chi connectivity index (χ1v) is 11.2. The van der Waals surface area contributed by atoms with E-state index < -0.39 is 0 Å². The number of carbonyl (C=O) groups is 2. The van der Waals surface area contributed by atoms with Crippen molar-refractivity contribution in [3.05, 3.63) is 64.8 Å². The lowest BCUT2D eigenvalue weighted by atomic mass is 9.84. The molecule has 0 bridgehead atoms. The molecule has 0 spiro atoms. The zero-order valence-electron chi connectivity index (χ0n) is 17.8. The van der Waals surface area contributed by atoms with Crippen molar-refractivity contribution in [1.82, 2.24) is 4.98 Å². The van der Waals surface area contributed by atoms with Gasteiger partial charge in [-0.15, -0.1) is 0 Å². The first-order chi connectivity index (χ1) is 15.3. The Bertz CT molecular complexity index is 1160. The van der Waals surface area contributed by atoms with Gasteiger partial charge in [0.05, 0.1) is 16.7 Å². The number of hydrogen-bond donors (Lipinski definition) is 0. The zero-order chi connectivity index (χ0) is 22.5. The minimum absolute atomic E-state index is 0.0687. The van der Waals surface area contributed by atoms with E-state index in [0.29, 0.717) is 29.1 Å². The summed E-state index contributed by atoms with van der Waals surface area (Å²) in [6, 6.07) is 8.72. The summed E-state index contributed by atoms with van der Waals surface area (Å²) < 4.78 is 17.1. The van der Waals surface area contributed by atoms with Crippen molar-refractivity contribution >= 4 is 34.4 Å². The van der Waals surface area contributed by atoms with Gasteiger partial charge in [0, 0.05) is 16.9 Å². The Labute approximate surface area is 191 Å². The van der Waals surface area contributed by atoms with E-state index in [1.807, 2.05) is 6.07 Å². The first-order valence-electron chi connectivity index (χ1n) is 10.8. The molecule has 5 rings (SSSR count). The predicted octanol–water partition coefficient (Wildman–Crippen LogP) is 4.80. The third-order valence-electron chi connectivity index (χ3n) is 6.72. The molecular formula is C25H24ClNO5. The Hall–Kier alpha value is -2.70. The third kappa shape index (κ3) is 3.93. The molecule has 7 heteroatoms. The van der Waals surface area contributed by atoms with E-state index in [2.05, 4.69) is 24.6 Å². The number of rotatable bonds is 3. The lowest BCUT2D eigenvalue weighted by Gasteiger charge is -2.20. The number of pyridine rings is 1. The van der Waals surface area contributed by atoms with Crippen LogP contribution in [0.1, 0.15) is 43.0 Å². The van der Waals surface area contributed by atoms with Gasteiger partial charge < -0.3 is 14.2 Å². The number of halogens is 1. The van der Waals surface area contributed by atoms with Crippen molar-refractivity contribution in [3.63, 3.8) is 0 Å². The average molecular weight is 454 g/mol. The number of nitrogens with zero attached hydrogens (tertiary/aromatic N) is 1. The van der Waals surface area contributed by atoms with E-state index in [4.69, 9.17) is 25.8 Å². The summed E-state index contributed by atoms with van der Waals surface area (Å²) in [7, 11) is 0.